The summed E-state index contributed by atoms with van der Waals surface area (Å²) in [5.74, 6) is 0.539. The molecule has 2 aromatic carbocycles. The van der Waals surface area contributed by atoms with Crippen LogP contribution in [0.2, 0.25) is 5.02 Å². The fourth-order valence-electron chi connectivity index (χ4n) is 2.23. The monoisotopic (exact) mass is 373 g/mol. The van der Waals surface area contributed by atoms with E-state index in [1.807, 2.05) is 30.3 Å². The first-order chi connectivity index (χ1) is 12.1. The minimum absolute atomic E-state index is 0.0324. The molecule has 0 bridgehead atoms. The van der Waals surface area contributed by atoms with Gasteiger partial charge in [0, 0.05) is 10.6 Å². The third-order valence-electron chi connectivity index (χ3n) is 3.53. The number of benzene rings is 2. The van der Waals surface area contributed by atoms with Crippen LogP contribution in [0.1, 0.15) is 27.9 Å². The van der Waals surface area contributed by atoms with Gasteiger partial charge in [0.15, 0.2) is 5.78 Å². The van der Waals surface area contributed by atoms with E-state index in [1.165, 1.54) is 11.8 Å². The number of rotatable bonds is 7. The first-order valence-corrected chi connectivity index (χ1v) is 9.02. The summed E-state index contributed by atoms with van der Waals surface area (Å²) in [5, 5.41) is 8.86. The summed E-state index contributed by atoms with van der Waals surface area (Å²) in [6.45, 7) is 0. The molecule has 0 aliphatic carbocycles. The normalized spacial score (nSPS) is 12.1. The van der Waals surface area contributed by atoms with E-state index in [-0.39, 0.29) is 17.6 Å². The maximum atomic E-state index is 12.1. The van der Waals surface area contributed by atoms with Gasteiger partial charge in [0.1, 0.15) is 0 Å². The summed E-state index contributed by atoms with van der Waals surface area (Å²) in [6, 6.07) is 16.2. The summed E-state index contributed by atoms with van der Waals surface area (Å²) >= 11 is 7.01. The first kappa shape index (κ1) is 17.7. The van der Waals surface area contributed by atoms with Gasteiger partial charge in [-0.05, 0) is 36.2 Å². The number of hydrogen-bond donors (Lipinski definition) is 1. The molecule has 7 heteroatoms. The second-order valence-electron chi connectivity index (χ2n) is 5.42. The van der Waals surface area contributed by atoms with Gasteiger partial charge in [-0.1, -0.05) is 53.7 Å². The van der Waals surface area contributed by atoms with Crippen molar-refractivity contribution in [3.8, 4) is 0 Å². The Morgan fingerprint density at radius 2 is 1.84 bits per heavy atom. The van der Waals surface area contributed by atoms with Crippen LogP contribution < -0.4 is 5.73 Å². The lowest BCUT2D eigenvalue weighted by Crippen LogP contribution is -2.13. The second-order valence-corrected chi connectivity index (χ2v) is 6.78. The number of ketones is 1. The molecule has 1 heterocycles. The van der Waals surface area contributed by atoms with Crippen molar-refractivity contribution in [3.63, 3.8) is 0 Å². The number of nitrogens with zero attached hydrogens (tertiary/aromatic N) is 2. The Morgan fingerprint density at radius 1 is 1.12 bits per heavy atom. The van der Waals surface area contributed by atoms with Crippen LogP contribution in [0.25, 0.3) is 0 Å². The molecule has 0 aliphatic rings. The zero-order valence-electron chi connectivity index (χ0n) is 13.3. The number of aromatic nitrogens is 2. The Morgan fingerprint density at radius 3 is 2.56 bits per heavy atom. The lowest BCUT2D eigenvalue weighted by atomic mass is 10.1. The highest BCUT2D eigenvalue weighted by Crippen LogP contribution is 2.22. The number of carbonyl (C=O) groups excluding carboxylic acids is 1. The van der Waals surface area contributed by atoms with Crippen molar-refractivity contribution < 1.29 is 9.21 Å². The van der Waals surface area contributed by atoms with E-state index in [0.29, 0.717) is 28.1 Å². The van der Waals surface area contributed by atoms with Gasteiger partial charge in [-0.25, -0.2) is 0 Å². The van der Waals surface area contributed by atoms with Crippen molar-refractivity contribution in [2.45, 2.75) is 17.7 Å². The lowest BCUT2D eigenvalue weighted by Gasteiger charge is -2.06. The molecule has 1 aromatic heterocycles. The summed E-state index contributed by atoms with van der Waals surface area (Å²) in [7, 11) is 0. The van der Waals surface area contributed by atoms with E-state index in [2.05, 4.69) is 10.2 Å². The molecule has 0 radical (unpaired) electrons. The molecular weight excluding hydrogens is 358 g/mol. The quantitative estimate of drug-likeness (QED) is 0.499. The number of halogens is 1. The minimum Gasteiger partial charge on any atom is -0.414 e. The summed E-state index contributed by atoms with van der Waals surface area (Å²) in [6.07, 6.45) is 0.608. The van der Waals surface area contributed by atoms with Crippen molar-refractivity contribution in [1.82, 2.24) is 10.2 Å². The Labute approximate surface area is 154 Å². The molecule has 1 unspecified atom stereocenters. The number of hydrogen-bond acceptors (Lipinski definition) is 6. The standard InChI is InChI=1S/C18H16ClN3O2S/c19-14-8-6-13(7-9-14)16(23)11-25-18-22-21-17(24-18)15(20)10-12-4-2-1-3-5-12/h1-9,15H,10-11,20H2. The zero-order valence-corrected chi connectivity index (χ0v) is 14.8. The summed E-state index contributed by atoms with van der Waals surface area (Å²) < 4.78 is 5.57. The fraction of sp³-hybridized carbons (Fsp3) is 0.167. The average molecular weight is 374 g/mol. The predicted octanol–water partition coefficient (Wildman–Crippen LogP) is 3.94. The number of thioether (sulfide) groups is 1. The molecule has 0 amide bonds. The molecule has 25 heavy (non-hydrogen) atoms. The Kier molecular flexibility index (Phi) is 5.86. The van der Waals surface area contributed by atoms with Crippen molar-refractivity contribution in [1.29, 1.82) is 0 Å². The molecule has 128 valence electrons. The Bertz CT molecular complexity index is 837. The van der Waals surface area contributed by atoms with E-state index in [1.54, 1.807) is 24.3 Å². The smallest absolute Gasteiger partial charge is 0.277 e. The van der Waals surface area contributed by atoms with Crippen molar-refractivity contribution >= 4 is 29.1 Å². The summed E-state index contributed by atoms with van der Waals surface area (Å²) in [4.78, 5) is 12.1. The van der Waals surface area contributed by atoms with E-state index in [0.717, 1.165) is 5.56 Å². The maximum Gasteiger partial charge on any atom is 0.277 e. The van der Waals surface area contributed by atoms with Crippen LogP contribution in [0.15, 0.2) is 64.2 Å². The van der Waals surface area contributed by atoms with Crippen LogP contribution >= 0.6 is 23.4 Å². The van der Waals surface area contributed by atoms with Crippen LogP contribution in [-0.4, -0.2) is 21.7 Å². The Balaban J connectivity index is 1.56. The van der Waals surface area contributed by atoms with Gasteiger partial charge in [-0.3, -0.25) is 4.79 Å². The molecule has 3 rings (SSSR count). The molecular formula is C18H16ClN3O2S. The molecule has 0 saturated carbocycles. The fourth-order valence-corrected chi connectivity index (χ4v) is 3.02. The van der Waals surface area contributed by atoms with E-state index >= 15 is 0 Å². The minimum atomic E-state index is -0.379. The highest BCUT2D eigenvalue weighted by atomic mass is 35.5. The summed E-state index contributed by atoms with van der Waals surface area (Å²) in [5.41, 5.74) is 7.81. The van der Waals surface area contributed by atoms with Crippen molar-refractivity contribution in [2.24, 2.45) is 5.73 Å². The van der Waals surface area contributed by atoms with Crippen molar-refractivity contribution in [3.05, 3.63) is 76.6 Å². The lowest BCUT2D eigenvalue weighted by molar-refractivity contribution is 0.102. The SMILES string of the molecule is NC(Cc1ccccc1)c1nnc(SCC(=O)c2ccc(Cl)cc2)o1. The molecule has 0 aliphatic heterocycles. The molecule has 1 atom stereocenters. The highest BCUT2D eigenvalue weighted by molar-refractivity contribution is 7.99. The van der Waals surface area contributed by atoms with Crippen LogP contribution in [0, 0.1) is 0 Å². The van der Waals surface area contributed by atoms with E-state index < -0.39 is 0 Å². The zero-order chi connectivity index (χ0) is 17.6. The third-order valence-corrected chi connectivity index (χ3v) is 4.60. The largest absolute Gasteiger partial charge is 0.414 e. The molecule has 0 spiro atoms. The third kappa shape index (κ3) is 4.92. The highest BCUT2D eigenvalue weighted by Gasteiger charge is 2.16. The second kappa shape index (κ2) is 8.29. The van der Waals surface area contributed by atoms with E-state index in [4.69, 9.17) is 21.8 Å². The Hall–Kier alpha value is -2.15. The van der Waals surface area contributed by atoms with E-state index in [9.17, 15) is 4.79 Å². The molecule has 5 nitrogen and oxygen atoms in total. The number of Topliss-reactive ketones (excluding diaryl/α,β-unsaturated/α-hetero) is 1. The molecule has 0 saturated heterocycles. The number of nitrogens with two attached hydrogens (primary N) is 1. The van der Waals surface area contributed by atoms with Crippen LogP contribution in [-0.2, 0) is 6.42 Å². The van der Waals surface area contributed by atoms with Gasteiger partial charge < -0.3 is 10.2 Å². The van der Waals surface area contributed by atoms with Crippen LogP contribution in [0.5, 0.6) is 0 Å². The van der Waals surface area contributed by atoms with Gasteiger partial charge in [0.05, 0.1) is 11.8 Å². The van der Waals surface area contributed by atoms with Crippen LogP contribution in [0.3, 0.4) is 0 Å². The van der Waals surface area contributed by atoms with Crippen molar-refractivity contribution in [2.75, 3.05) is 5.75 Å². The van der Waals surface area contributed by atoms with Gasteiger partial charge in [-0.2, -0.15) is 0 Å². The number of carbonyl (C=O) groups is 1. The topological polar surface area (TPSA) is 82.0 Å². The first-order valence-electron chi connectivity index (χ1n) is 7.66. The van der Waals surface area contributed by atoms with Crippen LogP contribution in [0.4, 0.5) is 0 Å². The van der Waals surface area contributed by atoms with Gasteiger partial charge in [0.25, 0.3) is 5.22 Å². The van der Waals surface area contributed by atoms with Gasteiger partial charge >= 0.3 is 0 Å². The average Bonchev–Trinajstić information content (AvgIpc) is 3.10. The molecule has 2 N–H and O–H groups in total. The maximum absolute atomic E-state index is 12.1. The van der Waals surface area contributed by atoms with Gasteiger partial charge in [0.2, 0.25) is 5.89 Å². The van der Waals surface area contributed by atoms with Gasteiger partial charge in [-0.15, -0.1) is 10.2 Å². The molecule has 0 fully saturated rings. The molecule has 3 aromatic rings. The predicted molar refractivity (Wildman–Crippen MR) is 97.9 cm³/mol.